The zero-order chi connectivity index (χ0) is 13.7. The van der Waals surface area contributed by atoms with Crippen molar-refractivity contribution in [3.63, 3.8) is 0 Å². The quantitative estimate of drug-likeness (QED) is 0.817. The lowest BCUT2D eigenvalue weighted by atomic mass is 10.1. The molecule has 0 saturated carbocycles. The highest BCUT2D eigenvalue weighted by molar-refractivity contribution is 7.80. The normalized spacial score (nSPS) is 10.2. The molecule has 0 aliphatic heterocycles. The van der Waals surface area contributed by atoms with E-state index in [0.717, 1.165) is 5.56 Å². The molecular formula is C14H14N2O2S. The van der Waals surface area contributed by atoms with E-state index >= 15 is 0 Å². The summed E-state index contributed by atoms with van der Waals surface area (Å²) in [6, 6.07) is 12.7. The Kier molecular flexibility index (Phi) is 4.43. The van der Waals surface area contributed by atoms with E-state index in [2.05, 4.69) is 4.98 Å². The molecule has 0 unspecified atom stereocenters. The molecule has 1 aromatic carbocycles. The monoisotopic (exact) mass is 274 g/mol. The summed E-state index contributed by atoms with van der Waals surface area (Å²) in [7, 11) is 0. The fourth-order valence-electron chi connectivity index (χ4n) is 1.58. The molecule has 5 heteroatoms. The maximum absolute atomic E-state index is 8.84. The molecule has 0 atom stereocenters. The van der Waals surface area contributed by atoms with Gasteiger partial charge in [-0.05, 0) is 30.2 Å². The molecule has 0 bridgehead atoms. The van der Waals surface area contributed by atoms with Crippen molar-refractivity contribution >= 4 is 17.2 Å². The molecule has 19 heavy (non-hydrogen) atoms. The van der Waals surface area contributed by atoms with Crippen LogP contribution in [0.4, 0.5) is 0 Å². The lowest BCUT2D eigenvalue weighted by Crippen LogP contribution is -2.11. The van der Waals surface area contributed by atoms with Crippen molar-refractivity contribution in [2.24, 2.45) is 5.73 Å². The first-order valence-corrected chi connectivity index (χ1v) is 6.24. The van der Waals surface area contributed by atoms with E-state index in [1.165, 1.54) is 0 Å². The van der Waals surface area contributed by atoms with Crippen LogP contribution >= 0.6 is 12.2 Å². The maximum atomic E-state index is 8.84. The first-order chi connectivity index (χ1) is 9.19. The third kappa shape index (κ3) is 3.74. The molecular weight excluding hydrogens is 260 g/mol. The van der Waals surface area contributed by atoms with Gasteiger partial charge in [-0.2, -0.15) is 0 Å². The van der Waals surface area contributed by atoms with Crippen molar-refractivity contribution in [2.45, 2.75) is 6.42 Å². The van der Waals surface area contributed by atoms with Crippen LogP contribution in [0, 0.1) is 0 Å². The number of aliphatic hydroxyl groups is 1. The Hall–Kier alpha value is -1.98. The number of nitrogens with two attached hydrogens (primary N) is 1. The van der Waals surface area contributed by atoms with E-state index in [1.807, 2.05) is 24.3 Å². The van der Waals surface area contributed by atoms with Crippen molar-refractivity contribution in [3.05, 3.63) is 53.7 Å². The van der Waals surface area contributed by atoms with Gasteiger partial charge in [0.25, 0.3) is 0 Å². The lowest BCUT2D eigenvalue weighted by Gasteiger charge is -2.06. The number of pyridine rings is 1. The topological polar surface area (TPSA) is 68.4 Å². The van der Waals surface area contributed by atoms with Gasteiger partial charge in [0, 0.05) is 12.7 Å². The van der Waals surface area contributed by atoms with E-state index in [1.54, 1.807) is 18.2 Å². The van der Waals surface area contributed by atoms with Crippen LogP contribution in [-0.2, 0) is 6.42 Å². The highest BCUT2D eigenvalue weighted by atomic mass is 32.1. The van der Waals surface area contributed by atoms with E-state index in [9.17, 15) is 0 Å². The third-order valence-electron chi connectivity index (χ3n) is 2.52. The van der Waals surface area contributed by atoms with Crippen LogP contribution in [-0.4, -0.2) is 21.7 Å². The molecule has 2 rings (SSSR count). The molecule has 0 radical (unpaired) electrons. The summed E-state index contributed by atoms with van der Waals surface area (Å²) in [5.41, 5.74) is 7.11. The second-order valence-electron chi connectivity index (χ2n) is 3.94. The van der Waals surface area contributed by atoms with E-state index < -0.39 is 0 Å². The fourth-order valence-corrected chi connectivity index (χ4v) is 1.70. The van der Waals surface area contributed by atoms with Crippen LogP contribution in [0.5, 0.6) is 11.6 Å². The third-order valence-corrected chi connectivity index (χ3v) is 2.73. The fraction of sp³-hybridized carbons (Fsp3) is 0.143. The lowest BCUT2D eigenvalue weighted by molar-refractivity contribution is 0.299. The Bertz CT molecular complexity index is 570. The van der Waals surface area contributed by atoms with E-state index in [-0.39, 0.29) is 11.6 Å². The van der Waals surface area contributed by atoms with Gasteiger partial charge < -0.3 is 15.6 Å². The number of rotatable bonds is 5. The molecule has 0 fully saturated rings. The van der Waals surface area contributed by atoms with Crippen LogP contribution in [0.1, 0.15) is 11.3 Å². The molecule has 0 amide bonds. The molecule has 1 aromatic heterocycles. The van der Waals surface area contributed by atoms with Gasteiger partial charge in [-0.15, -0.1) is 0 Å². The molecule has 4 nitrogen and oxygen atoms in total. The molecule has 1 heterocycles. The van der Waals surface area contributed by atoms with Crippen molar-refractivity contribution < 1.29 is 9.84 Å². The molecule has 0 aliphatic rings. The number of benzene rings is 1. The summed E-state index contributed by atoms with van der Waals surface area (Å²) >= 11 is 4.87. The van der Waals surface area contributed by atoms with Gasteiger partial charge in [-0.1, -0.05) is 30.4 Å². The minimum absolute atomic E-state index is 0.137. The van der Waals surface area contributed by atoms with Crippen molar-refractivity contribution in [1.82, 2.24) is 4.98 Å². The number of thiocarbonyl (C=S) groups is 1. The number of aromatic nitrogens is 1. The molecule has 0 saturated heterocycles. The first-order valence-electron chi connectivity index (χ1n) is 5.83. The predicted octanol–water partition coefficient (Wildman–Crippen LogP) is 2.04. The summed E-state index contributed by atoms with van der Waals surface area (Å²) in [4.78, 5) is 4.44. The van der Waals surface area contributed by atoms with Crippen LogP contribution in [0.15, 0.2) is 42.5 Å². The highest BCUT2D eigenvalue weighted by Crippen LogP contribution is 2.20. The van der Waals surface area contributed by atoms with Crippen molar-refractivity contribution in [3.8, 4) is 11.6 Å². The SMILES string of the molecule is NC(=S)c1cccc(Oc2ccc(CCO)cc2)n1. The summed E-state index contributed by atoms with van der Waals surface area (Å²) < 4.78 is 5.61. The second-order valence-corrected chi connectivity index (χ2v) is 4.38. The number of ether oxygens (including phenoxy) is 1. The number of aliphatic hydroxyl groups excluding tert-OH is 1. The average molecular weight is 274 g/mol. The Labute approximate surface area is 116 Å². The summed E-state index contributed by atoms with van der Waals surface area (Å²) in [5.74, 6) is 1.12. The van der Waals surface area contributed by atoms with Gasteiger partial charge in [0.1, 0.15) is 16.4 Å². The minimum Gasteiger partial charge on any atom is -0.439 e. The Balaban J connectivity index is 2.12. The number of nitrogens with zero attached hydrogens (tertiary/aromatic N) is 1. The summed E-state index contributed by atoms with van der Waals surface area (Å²) in [6.07, 6.45) is 0.634. The molecule has 98 valence electrons. The van der Waals surface area contributed by atoms with Crippen molar-refractivity contribution in [2.75, 3.05) is 6.61 Å². The summed E-state index contributed by atoms with van der Waals surface area (Å²) in [6.45, 7) is 0.137. The van der Waals surface area contributed by atoms with Gasteiger partial charge in [-0.25, -0.2) is 4.98 Å². The summed E-state index contributed by atoms with van der Waals surface area (Å²) in [5, 5.41) is 8.84. The second kappa shape index (κ2) is 6.26. The van der Waals surface area contributed by atoms with Crippen LogP contribution in [0.3, 0.4) is 0 Å². The number of hydrogen-bond donors (Lipinski definition) is 2. The minimum atomic E-state index is 0.137. The molecule has 3 N–H and O–H groups in total. The van der Waals surface area contributed by atoms with Gasteiger partial charge in [0.15, 0.2) is 0 Å². The van der Waals surface area contributed by atoms with Gasteiger partial charge in [-0.3, -0.25) is 0 Å². The Morgan fingerprint density at radius 3 is 2.58 bits per heavy atom. The smallest absolute Gasteiger partial charge is 0.219 e. The predicted molar refractivity (Wildman–Crippen MR) is 77.4 cm³/mol. The maximum Gasteiger partial charge on any atom is 0.219 e. The highest BCUT2D eigenvalue weighted by Gasteiger charge is 2.02. The standard InChI is InChI=1S/C14H14N2O2S/c15-14(19)12-2-1-3-13(16-12)18-11-6-4-10(5-7-11)8-9-17/h1-7,17H,8-9H2,(H2,15,19). The molecule has 2 aromatic rings. The van der Waals surface area contributed by atoms with E-state index in [4.69, 9.17) is 27.8 Å². The van der Waals surface area contributed by atoms with Crippen LogP contribution in [0.25, 0.3) is 0 Å². The van der Waals surface area contributed by atoms with Crippen LogP contribution < -0.4 is 10.5 Å². The van der Waals surface area contributed by atoms with E-state index in [0.29, 0.717) is 23.7 Å². The first kappa shape index (κ1) is 13.5. The van der Waals surface area contributed by atoms with Crippen LogP contribution in [0.2, 0.25) is 0 Å². The van der Waals surface area contributed by atoms with Gasteiger partial charge in [0.05, 0.1) is 0 Å². The van der Waals surface area contributed by atoms with Crippen molar-refractivity contribution in [1.29, 1.82) is 0 Å². The average Bonchev–Trinajstić information content (AvgIpc) is 2.42. The Morgan fingerprint density at radius 1 is 1.21 bits per heavy atom. The Morgan fingerprint density at radius 2 is 1.95 bits per heavy atom. The zero-order valence-electron chi connectivity index (χ0n) is 10.2. The zero-order valence-corrected chi connectivity index (χ0v) is 11.1. The van der Waals surface area contributed by atoms with Gasteiger partial charge >= 0.3 is 0 Å². The van der Waals surface area contributed by atoms with Gasteiger partial charge in [0.2, 0.25) is 5.88 Å². The molecule has 0 spiro atoms. The molecule has 0 aliphatic carbocycles. The number of hydrogen-bond acceptors (Lipinski definition) is 4. The largest absolute Gasteiger partial charge is 0.439 e.